The summed E-state index contributed by atoms with van der Waals surface area (Å²) in [5.41, 5.74) is 0.353. The van der Waals surface area contributed by atoms with Crippen LogP contribution in [0, 0.1) is 0 Å². The normalized spacial score (nSPS) is 12.1. The Hall–Kier alpha value is -0.830. The molecule has 4 heteroatoms. The summed E-state index contributed by atoms with van der Waals surface area (Å²) < 4.78 is 0. The van der Waals surface area contributed by atoms with Gasteiger partial charge in [0.15, 0.2) is 0 Å². The molecule has 3 nitrogen and oxygen atoms in total. The Labute approximate surface area is 64.8 Å². The molecule has 0 spiro atoms. The second kappa shape index (κ2) is 4.99. The first-order valence-electron chi connectivity index (χ1n) is 2.71. The topological polar surface area (TPSA) is 41.5 Å². The van der Waals surface area contributed by atoms with E-state index in [-0.39, 0.29) is 0 Å². The average molecular weight is 161 g/mol. The number of allylic oxidation sites excluding steroid dienone is 1. The predicted molar refractivity (Wildman–Crippen MR) is 42.4 cm³/mol. The lowest BCUT2D eigenvalue weighted by Gasteiger charge is -1.91. The van der Waals surface area contributed by atoms with Gasteiger partial charge in [-0.2, -0.15) is 0 Å². The molecule has 0 atom stereocenters. The number of hydrogen-bond acceptors (Lipinski definition) is 3. The van der Waals surface area contributed by atoms with Gasteiger partial charge in [-0.05, 0) is 11.6 Å². The first-order valence-corrected chi connectivity index (χ1v) is 3.09. The molecule has 0 saturated carbocycles. The van der Waals surface area contributed by atoms with Crippen LogP contribution in [0.4, 0.5) is 0 Å². The standard InChI is InChI=1S/C6H9ClN2O/c1-8-3-5(4-9-2)6(7)10/h3-4,8H,1-2H3/b5-3+,9-4-. The van der Waals surface area contributed by atoms with Crippen molar-refractivity contribution in [2.45, 2.75) is 0 Å². The first kappa shape index (κ1) is 9.17. The number of rotatable bonds is 3. The van der Waals surface area contributed by atoms with Crippen molar-refractivity contribution in [3.8, 4) is 0 Å². The third-order valence-corrected chi connectivity index (χ3v) is 1.01. The molecular weight excluding hydrogens is 152 g/mol. The molecule has 0 amide bonds. The Morgan fingerprint density at radius 1 is 1.70 bits per heavy atom. The van der Waals surface area contributed by atoms with E-state index in [0.717, 1.165) is 0 Å². The van der Waals surface area contributed by atoms with Gasteiger partial charge in [-0.15, -0.1) is 0 Å². The van der Waals surface area contributed by atoms with Crippen LogP contribution in [0.5, 0.6) is 0 Å². The summed E-state index contributed by atoms with van der Waals surface area (Å²) in [6.45, 7) is 0. The smallest absolute Gasteiger partial charge is 0.255 e. The fourth-order valence-electron chi connectivity index (χ4n) is 0.439. The summed E-state index contributed by atoms with van der Waals surface area (Å²) in [4.78, 5) is 14.1. The van der Waals surface area contributed by atoms with E-state index in [1.54, 1.807) is 14.1 Å². The molecule has 0 heterocycles. The molecule has 0 unspecified atom stereocenters. The maximum absolute atomic E-state index is 10.5. The highest BCUT2D eigenvalue weighted by Crippen LogP contribution is 1.94. The van der Waals surface area contributed by atoms with Crippen molar-refractivity contribution >= 4 is 23.1 Å². The van der Waals surface area contributed by atoms with Gasteiger partial charge >= 0.3 is 0 Å². The number of aliphatic imine (C=N–C) groups is 1. The maximum Gasteiger partial charge on any atom is 0.255 e. The minimum atomic E-state index is -0.514. The van der Waals surface area contributed by atoms with Crippen LogP contribution in [0.2, 0.25) is 0 Å². The fraction of sp³-hybridized carbons (Fsp3) is 0.333. The fourth-order valence-corrected chi connectivity index (χ4v) is 0.543. The third-order valence-electron chi connectivity index (χ3n) is 0.795. The Bertz CT molecular complexity index is 175. The zero-order chi connectivity index (χ0) is 7.98. The van der Waals surface area contributed by atoms with Crippen molar-refractivity contribution in [3.63, 3.8) is 0 Å². The molecule has 10 heavy (non-hydrogen) atoms. The molecule has 0 rings (SSSR count). The Kier molecular flexibility index (Phi) is 4.58. The summed E-state index contributed by atoms with van der Waals surface area (Å²) in [6.07, 6.45) is 2.88. The van der Waals surface area contributed by atoms with Gasteiger partial charge in [0.25, 0.3) is 5.24 Å². The van der Waals surface area contributed by atoms with Crippen LogP contribution >= 0.6 is 11.6 Å². The monoisotopic (exact) mass is 160 g/mol. The molecule has 0 aliphatic rings. The first-order chi connectivity index (χ1) is 4.72. The molecule has 0 aromatic carbocycles. The van der Waals surface area contributed by atoms with Gasteiger partial charge in [-0.3, -0.25) is 9.79 Å². The van der Waals surface area contributed by atoms with Gasteiger partial charge in [0.1, 0.15) is 0 Å². The van der Waals surface area contributed by atoms with E-state index in [2.05, 4.69) is 10.3 Å². The number of nitrogens with zero attached hydrogens (tertiary/aromatic N) is 1. The van der Waals surface area contributed by atoms with E-state index in [9.17, 15) is 4.79 Å². The number of carbonyl (C=O) groups is 1. The number of nitrogens with one attached hydrogen (secondary N) is 1. The van der Waals surface area contributed by atoms with Crippen molar-refractivity contribution in [1.29, 1.82) is 0 Å². The summed E-state index contributed by atoms with van der Waals surface area (Å²) in [5.74, 6) is 0. The molecule has 0 radical (unpaired) electrons. The molecule has 0 aliphatic carbocycles. The lowest BCUT2D eigenvalue weighted by Crippen LogP contribution is -2.02. The Morgan fingerprint density at radius 3 is 2.60 bits per heavy atom. The van der Waals surface area contributed by atoms with Crippen LogP contribution in [0.3, 0.4) is 0 Å². The maximum atomic E-state index is 10.5. The predicted octanol–water partition coefficient (Wildman–Crippen LogP) is 0.556. The molecule has 0 bridgehead atoms. The van der Waals surface area contributed by atoms with E-state index in [0.29, 0.717) is 5.57 Å². The average Bonchev–Trinajstić information content (AvgIpc) is 1.87. The number of carbonyl (C=O) groups excluding carboxylic acids is 1. The SMILES string of the molecule is C/N=C\C(=C/NC)C(=O)Cl. The second-order valence-corrected chi connectivity index (χ2v) is 1.89. The zero-order valence-electron chi connectivity index (χ0n) is 5.89. The summed E-state index contributed by atoms with van der Waals surface area (Å²) in [6, 6.07) is 0. The zero-order valence-corrected chi connectivity index (χ0v) is 6.64. The Morgan fingerprint density at radius 2 is 2.30 bits per heavy atom. The molecule has 1 N–H and O–H groups in total. The van der Waals surface area contributed by atoms with Gasteiger partial charge in [0.05, 0.1) is 5.57 Å². The van der Waals surface area contributed by atoms with Crippen molar-refractivity contribution < 1.29 is 4.79 Å². The lowest BCUT2D eigenvalue weighted by molar-refractivity contribution is -0.108. The second-order valence-electron chi connectivity index (χ2n) is 1.55. The molecule has 0 saturated heterocycles. The minimum absolute atomic E-state index is 0.353. The Balaban J connectivity index is 4.26. The largest absolute Gasteiger partial charge is 0.393 e. The number of halogens is 1. The third kappa shape index (κ3) is 3.25. The summed E-state index contributed by atoms with van der Waals surface area (Å²) in [7, 11) is 3.26. The molecule has 0 aliphatic heterocycles. The summed E-state index contributed by atoms with van der Waals surface area (Å²) in [5, 5.41) is 2.16. The molecule has 0 aromatic heterocycles. The van der Waals surface area contributed by atoms with Crippen LogP contribution in [-0.2, 0) is 4.79 Å². The highest BCUT2D eigenvalue weighted by molar-refractivity contribution is 6.69. The van der Waals surface area contributed by atoms with Crippen molar-refractivity contribution in [3.05, 3.63) is 11.8 Å². The van der Waals surface area contributed by atoms with E-state index in [1.165, 1.54) is 12.4 Å². The van der Waals surface area contributed by atoms with Crippen LogP contribution in [-0.4, -0.2) is 25.6 Å². The van der Waals surface area contributed by atoms with E-state index >= 15 is 0 Å². The lowest BCUT2D eigenvalue weighted by atomic mass is 10.3. The highest BCUT2D eigenvalue weighted by atomic mass is 35.5. The van der Waals surface area contributed by atoms with E-state index < -0.39 is 5.24 Å². The van der Waals surface area contributed by atoms with E-state index in [4.69, 9.17) is 11.6 Å². The molecule has 0 aromatic rings. The minimum Gasteiger partial charge on any atom is -0.393 e. The van der Waals surface area contributed by atoms with Crippen molar-refractivity contribution in [2.24, 2.45) is 4.99 Å². The highest BCUT2D eigenvalue weighted by Gasteiger charge is 1.99. The van der Waals surface area contributed by atoms with Gasteiger partial charge in [-0.25, -0.2) is 0 Å². The molecular formula is C6H9ClN2O. The van der Waals surface area contributed by atoms with Crippen molar-refractivity contribution in [1.82, 2.24) is 5.32 Å². The van der Waals surface area contributed by atoms with Crippen LogP contribution in [0.25, 0.3) is 0 Å². The molecule has 0 fully saturated rings. The van der Waals surface area contributed by atoms with Gasteiger partial charge in [0, 0.05) is 26.5 Å². The molecule has 56 valence electrons. The van der Waals surface area contributed by atoms with E-state index in [1.807, 2.05) is 0 Å². The van der Waals surface area contributed by atoms with Crippen molar-refractivity contribution in [2.75, 3.05) is 14.1 Å². The van der Waals surface area contributed by atoms with Crippen LogP contribution < -0.4 is 5.32 Å². The quantitative estimate of drug-likeness (QED) is 0.372. The van der Waals surface area contributed by atoms with Crippen LogP contribution in [0.15, 0.2) is 16.8 Å². The number of hydrogen-bond donors (Lipinski definition) is 1. The summed E-state index contributed by atoms with van der Waals surface area (Å²) >= 11 is 5.16. The van der Waals surface area contributed by atoms with Crippen LogP contribution in [0.1, 0.15) is 0 Å². The van der Waals surface area contributed by atoms with Gasteiger partial charge < -0.3 is 5.32 Å². The van der Waals surface area contributed by atoms with Gasteiger partial charge in [0.2, 0.25) is 0 Å². The van der Waals surface area contributed by atoms with Gasteiger partial charge in [-0.1, -0.05) is 0 Å².